The van der Waals surface area contributed by atoms with Gasteiger partial charge in [-0.25, -0.2) is 4.98 Å². The zero-order valence-corrected chi connectivity index (χ0v) is 17.7. The van der Waals surface area contributed by atoms with Gasteiger partial charge in [-0.1, -0.05) is 49.7 Å². The van der Waals surface area contributed by atoms with E-state index in [1.54, 1.807) is 0 Å². The van der Waals surface area contributed by atoms with Crippen LogP contribution in [0.25, 0.3) is 10.8 Å². The SMILES string of the molecule is CC[C@@](c1c[nH]cn1)(c1c(C)ccc2ccccc12)N1CCN(C2CCC2)CC1. The van der Waals surface area contributed by atoms with Gasteiger partial charge in [-0.3, -0.25) is 9.80 Å². The molecule has 29 heavy (non-hydrogen) atoms. The average molecular weight is 389 g/mol. The van der Waals surface area contributed by atoms with Crippen molar-refractivity contribution in [1.29, 1.82) is 0 Å². The van der Waals surface area contributed by atoms with Crippen molar-refractivity contribution in [3.8, 4) is 0 Å². The van der Waals surface area contributed by atoms with Gasteiger partial charge in [0.1, 0.15) is 0 Å². The summed E-state index contributed by atoms with van der Waals surface area (Å²) < 4.78 is 0. The molecule has 0 radical (unpaired) electrons. The molecule has 1 aliphatic carbocycles. The summed E-state index contributed by atoms with van der Waals surface area (Å²) in [5.74, 6) is 0. The van der Waals surface area contributed by atoms with Crippen LogP contribution in [0.2, 0.25) is 0 Å². The third kappa shape index (κ3) is 3.01. The summed E-state index contributed by atoms with van der Waals surface area (Å²) in [5.41, 5.74) is 3.74. The van der Waals surface area contributed by atoms with E-state index >= 15 is 0 Å². The highest BCUT2D eigenvalue weighted by Crippen LogP contribution is 2.44. The Hall–Kier alpha value is -2.17. The minimum Gasteiger partial charge on any atom is -0.351 e. The first kappa shape index (κ1) is 18.8. The Bertz CT molecular complexity index is 968. The molecule has 2 heterocycles. The van der Waals surface area contributed by atoms with Gasteiger partial charge in [0.05, 0.1) is 17.6 Å². The van der Waals surface area contributed by atoms with E-state index in [9.17, 15) is 0 Å². The Morgan fingerprint density at radius 1 is 1.07 bits per heavy atom. The maximum atomic E-state index is 4.83. The van der Waals surface area contributed by atoms with Gasteiger partial charge >= 0.3 is 0 Å². The average Bonchev–Trinajstić information content (AvgIpc) is 3.25. The van der Waals surface area contributed by atoms with Gasteiger partial charge in [0.2, 0.25) is 0 Å². The van der Waals surface area contributed by atoms with Gasteiger partial charge in [-0.2, -0.15) is 0 Å². The van der Waals surface area contributed by atoms with Gasteiger partial charge in [-0.05, 0) is 48.1 Å². The molecule has 2 aromatic carbocycles. The number of aromatic amines is 1. The van der Waals surface area contributed by atoms with E-state index in [0.717, 1.165) is 31.2 Å². The predicted molar refractivity (Wildman–Crippen MR) is 119 cm³/mol. The van der Waals surface area contributed by atoms with Crippen LogP contribution in [0.5, 0.6) is 0 Å². The van der Waals surface area contributed by atoms with Gasteiger partial charge < -0.3 is 4.98 Å². The monoisotopic (exact) mass is 388 g/mol. The fourth-order valence-electron chi connectivity index (χ4n) is 5.67. The molecule has 3 aromatic rings. The van der Waals surface area contributed by atoms with Crippen LogP contribution in [0.3, 0.4) is 0 Å². The van der Waals surface area contributed by atoms with Crippen molar-refractivity contribution in [3.63, 3.8) is 0 Å². The van der Waals surface area contributed by atoms with Crippen LogP contribution in [0, 0.1) is 6.92 Å². The molecule has 1 aromatic heterocycles. The first-order valence-corrected chi connectivity index (χ1v) is 11.2. The molecule has 152 valence electrons. The largest absolute Gasteiger partial charge is 0.351 e. The van der Waals surface area contributed by atoms with Crippen molar-refractivity contribution in [2.45, 2.75) is 51.1 Å². The topological polar surface area (TPSA) is 35.2 Å². The molecule has 0 bridgehead atoms. The highest BCUT2D eigenvalue weighted by molar-refractivity contribution is 5.88. The summed E-state index contributed by atoms with van der Waals surface area (Å²) in [7, 11) is 0. The number of hydrogen-bond donors (Lipinski definition) is 1. The number of H-pyrrole nitrogens is 1. The summed E-state index contributed by atoms with van der Waals surface area (Å²) in [5, 5.41) is 2.67. The fraction of sp³-hybridized carbons (Fsp3) is 0.480. The van der Waals surface area contributed by atoms with Crippen molar-refractivity contribution >= 4 is 10.8 Å². The maximum absolute atomic E-state index is 4.83. The van der Waals surface area contributed by atoms with Crippen molar-refractivity contribution < 1.29 is 0 Å². The third-order valence-corrected chi connectivity index (χ3v) is 7.43. The van der Waals surface area contributed by atoms with E-state index in [-0.39, 0.29) is 5.54 Å². The Balaban J connectivity index is 1.62. The zero-order chi connectivity index (χ0) is 19.8. The molecule has 1 aliphatic heterocycles. The lowest BCUT2D eigenvalue weighted by atomic mass is 9.77. The number of aryl methyl sites for hydroxylation is 1. The fourth-order valence-corrected chi connectivity index (χ4v) is 5.67. The van der Waals surface area contributed by atoms with Gasteiger partial charge in [0.25, 0.3) is 0 Å². The van der Waals surface area contributed by atoms with Crippen LogP contribution >= 0.6 is 0 Å². The molecule has 0 unspecified atom stereocenters. The number of piperazine rings is 1. The second-order valence-corrected chi connectivity index (χ2v) is 8.75. The lowest BCUT2D eigenvalue weighted by molar-refractivity contribution is 0.0134. The number of rotatable bonds is 5. The lowest BCUT2D eigenvalue weighted by Gasteiger charge is -2.50. The van der Waals surface area contributed by atoms with Crippen LogP contribution in [0.1, 0.15) is 49.4 Å². The molecule has 4 nitrogen and oxygen atoms in total. The third-order valence-electron chi connectivity index (χ3n) is 7.43. The Kier molecular flexibility index (Phi) is 4.92. The summed E-state index contributed by atoms with van der Waals surface area (Å²) in [6.07, 6.45) is 9.15. The van der Waals surface area contributed by atoms with Gasteiger partial charge in [0.15, 0.2) is 0 Å². The first-order valence-electron chi connectivity index (χ1n) is 11.2. The molecule has 1 saturated heterocycles. The molecule has 1 saturated carbocycles. The predicted octanol–water partition coefficient (Wildman–Crippen LogP) is 4.70. The number of nitrogens with one attached hydrogen (secondary N) is 1. The van der Waals surface area contributed by atoms with Crippen molar-refractivity contribution in [2.24, 2.45) is 0 Å². The molecular weight excluding hydrogens is 356 g/mol. The van der Waals surface area contributed by atoms with E-state index in [1.165, 1.54) is 54.3 Å². The van der Waals surface area contributed by atoms with Crippen LogP contribution in [0.4, 0.5) is 0 Å². The minimum absolute atomic E-state index is 0.198. The number of imidazole rings is 1. The number of benzene rings is 2. The molecule has 2 aliphatic rings. The Morgan fingerprint density at radius 2 is 1.86 bits per heavy atom. The summed E-state index contributed by atoms with van der Waals surface area (Å²) in [6, 6.07) is 14.2. The summed E-state index contributed by atoms with van der Waals surface area (Å²) >= 11 is 0. The second-order valence-electron chi connectivity index (χ2n) is 8.75. The molecule has 1 atom stereocenters. The first-order chi connectivity index (χ1) is 14.2. The lowest BCUT2D eigenvalue weighted by Crippen LogP contribution is -2.58. The summed E-state index contributed by atoms with van der Waals surface area (Å²) in [6.45, 7) is 9.12. The molecule has 4 heteroatoms. The Morgan fingerprint density at radius 3 is 2.52 bits per heavy atom. The molecular formula is C25H32N4. The quantitative estimate of drug-likeness (QED) is 0.688. The van der Waals surface area contributed by atoms with E-state index in [1.807, 2.05) is 6.33 Å². The van der Waals surface area contributed by atoms with Gasteiger partial charge in [0, 0.05) is 38.4 Å². The maximum Gasteiger partial charge on any atom is 0.0924 e. The number of hydrogen-bond acceptors (Lipinski definition) is 3. The molecule has 5 rings (SSSR count). The summed E-state index contributed by atoms with van der Waals surface area (Å²) in [4.78, 5) is 13.5. The standard InChI is InChI=1S/C25H32N4/c1-3-25(23-17-26-18-27-23,29-15-13-28(14-16-29)21-8-6-9-21)24-19(2)11-12-20-7-4-5-10-22(20)24/h4-5,7,10-12,17-18,21H,3,6,8-9,13-16H2,1-2H3,(H,26,27)/t25-/m1/s1. The van der Waals surface area contributed by atoms with Crippen LogP contribution < -0.4 is 0 Å². The highest BCUT2D eigenvalue weighted by atomic mass is 15.3. The molecule has 0 amide bonds. The van der Waals surface area contributed by atoms with Crippen molar-refractivity contribution in [1.82, 2.24) is 19.8 Å². The van der Waals surface area contributed by atoms with Crippen LogP contribution in [-0.4, -0.2) is 52.0 Å². The van der Waals surface area contributed by atoms with Crippen LogP contribution in [-0.2, 0) is 5.54 Å². The number of aromatic nitrogens is 2. The molecule has 1 N–H and O–H groups in total. The van der Waals surface area contributed by atoms with Crippen LogP contribution in [0.15, 0.2) is 48.9 Å². The van der Waals surface area contributed by atoms with E-state index in [2.05, 4.69) is 71.2 Å². The normalized spacial score (nSPS) is 21.2. The second kappa shape index (κ2) is 7.58. The van der Waals surface area contributed by atoms with E-state index < -0.39 is 0 Å². The number of fused-ring (bicyclic) bond motifs is 1. The smallest absolute Gasteiger partial charge is 0.0924 e. The van der Waals surface area contributed by atoms with E-state index in [4.69, 9.17) is 4.98 Å². The van der Waals surface area contributed by atoms with Crippen molar-refractivity contribution in [2.75, 3.05) is 26.2 Å². The minimum atomic E-state index is -0.198. The number of nitrogens with zero attached hydrogens (tertiary/aromatic N) is 3. The zero-order valence-electron chi connectivity index (χ0n) is 17.7. The van der Waals surface area contributed by atoms with Crippen molar-refractivity contribution in [3.05, 3.63) is 65.7 Å². The molecule has 0 spiro atoms. The Labute approximate surface area is 173 Å². The highest BCUT2D eigenvalue weighted by Gasteiger charge is 2.44. The van der Waals surface area contributed by atoms with E-state index in [0.29, 0.717) is 0 Å². The van der Waals surface area contributed by atoms with Gasteiger partial charge in [-0.15, -0.1) is 0 Å². The molecule has 2 fully saturated rings.